The number of rotatable bonds is 5. The van der Waals surface area contributed by atoms with E-state index < -0.39 is 7.12 Å². The van der Waals surface area contributed by atoms with Crippen LogP contribution in [0.3, 0.4) is 0 Å². The van der Waals surface area contributed by atoms with Crippen molar-refractivity contribution in [2.24, 2.45) is 0 Å². The van der Waals surface area contributed by atoms with Gasteiger partial charge in [-0.05, 0) is 28.6 Å². The molecule has 0 heterocycles. The number of para-hydroxylation sites is 1. The van der Waals surface area contributed by atoms with Gasteiger partial charge in [-0.3, -0.25) is 0 Å². The molecule has 0 radical (unpaired) electrons. The predicted molar refractivity (Wildman–Crippen MR) is 81.1 cm³/mol. The Bertz CT molecular complexity index is 567. The van der Waals surface area contributed by atoms with Crippen LogP contribution in [0.5, 0.6) is 5.75 Å². The molecule has 2 rings (SSSR count). The van der Waals surface area contributed by atoms with E-state index in [4.69, 9.17) is 14.8 Å². The first-order valence-corrected chi connectivity index (χ1v) is 6.74. The number of benzene rings is 2. The van der Waals surface area contributed by atoms with Gasteiger partial charge in [-0.2, -0.15) is 0 Å². The van der Waals surface area contributed by atoms with Crippen LogP contribution in [0.2, 0.25) is 0 Å². The smallest absolute Gasteiger partial charge is 0.488 e. The van der Waals surface area contributed by atoms with Crippen molar-refractivity contribution < 1.29 is 14.8 Å². The van der Waals surface area contributed by atoms with Crippen LogP contribution in [-0.2, 0) is 6.61 Å². The molecular formula is C16H19BO3. The summed E-state index contributed by atoms with van der Waals surface area (Å²) < 4.78 is 5.86. The summed E-state index contributed by atoms with van der Waals surface area (Å²) in [6, 6.07) is 15.1. The minimum Gasteiger partial charge on any atom is -0.489 e. The Kier molecular flexibility index (Phi) is 4.82. The van der Waals surface area contributed by atoms with Crippen LogP contribution in [0.15, 0.2) is 48.5 Å². The van der Waals surface area contributed by atoms with E-state index in [-0.39, 0.29) is 0 Å². The highest BCUT2D eigenvalue weighted by molar-refractivity contribution is 6.58. The zero-order valence-corrected chi connectivity index (χ0v) is 11.8. The van der Waals surface area contributed by atoms with Gasteiger partial charge in [-0.1, -0.05) is 56.3 Å². The van der Waals surface area contributed by atoms with Crippen LogP contribution in [0.25, 0.3) is 0 Å². The van der Waals surface area contributed by atoms with Gasteiger partial charge in [-0.25, -0.2) is 0 Å². The summed E-state index contributed by atoms with van der Waals surface area (Å²) in [6.45, 7) is 4.67. The molecule has 2 aromatic carbocycles. The van der Waals surface area contributed by atoms with Crippen molar-refractivity contribution in [1.82, 2.24) is 0 Å². The van der Waals surface area contributed by atoms with Crippen LogP contribution in [0.4, 0.5) is 0 Å². The fraction of sp³-hybridized carbons (Fsp3) is 0.250. The monoisotopic (exact) mass is 270 g/mol. The van der Waals surface area contributed by atoms with Crippen molar-refractivity contribution in [1.29, 1.82) is 0 Å². The average Bonchev–Trinajstić information content (AvgIpc) is 2.45. The Hall–Kier alpha value is -1.78. The number of hydrogen-bond acceptors (Lipinski definition) is 3. The van der Waals surface area contributed by atoms with Crippen molar-refractivity contribution in [2.75, 3.05) is 0 Å². The zero-order valence-electron chi connectivity index (χ0n) is 11.8. The van der Waals surface area contributed by atoms with Crippen molar-refractivity contribution in [3.8, 4) is 5.75 Å². The van der Waals surface area contributed by atoms with Crippen molar-refractivity contribution in [3.63, 3.8) is 0 Å². The Morgan fingerprint density at radius 2 is 1.80 bits per heavy atom. The quantitative estimate of drug-likeness (QED) is 0.818. The highest BCUT2D eigenvalue weighted by atomic mass is 16.5. The maximum Gasteiger partial charge on any atom is 0.488 e. The van der Waals surface area contributed by atoms with E-state index in [2.05, 4.69) is 19.9 Å². The predicted octanol–water partition coefficient (Wildman–Crippen LogP) is 2.07. The second-order valence-corrected chi connectivity index (χ2v) is 5.10. The Labute approximate surface area is 120 Å². The van der Waals surface area contributed by atoms with Crippen LogP contribution in [0, 0.1) is 0 Å². The Morgan fingerprint density at radius 3 is 2.50 bits per heavy atom. The molecule has 2 aromatic rings. The number of hydrogen-bond donors (Lipinski definition) is 2. The third-order valence-corrected chi connectivity index (χ3v) is 3.18. The van der Waals surface area contributed by atoms with Crippen LogP contribution in [0.1, 0.15) is 30.9 Å². The summed E-state index contributed by atoms with van der Waals surface area (Å²) in [4.78, 5) is 0. The molecule has 3 nitrogen and oxygen atoms in total. The molecule has 20 heavy (non-hydrogen) atoms. The molecule has 0 aliphatic carbocycles. The van der Waals surface area contributed by atoms with Gasteiger partial charge in [0.15, 0.2) is 0 Å². The summed E-state index contributed by atoms with van der Waals surface area (Å²) in [5.74, 6) is 1.27. The van der Waals surface area contributed by atoms with E-state index in [1.165, 1.54) is 5.56 Å². The molecule has 0 spiro atoms. The van der Waals surface area contributed by atoms with E-state index in [0.717, 1.165) is 11.3 Å². The second kappa shape index (κ2) is 6.59. The van der Waals surface area contributed by atoms with Gasteiger partial charge in [0.1, 0.15) is 12.4 Å². The van der Waals surface area contributed by atoms with Crippen LogP contribution in [-0.4, -0.2) is 17.2 Å². The molecule has 4 heteroatoms. The molecular weight excluding hydrogens is 251 g/mol. The summed E-state index contributed by atoms with van der Waals surface area (Å²) in [7, 11) is -1.45. The van der Waals surface area contributed by atoms with Gasteiger partial charge in [0.25, 0.3) is 0 Å². The summed E-state index contributed by atoms with van der Waals surface area (Å²) in [6.07, 6.45) is 0. The van der Waals surface area contributed by atoms with Gasteiger partial charge in [0.05, 0.1) is 0 Å². The summed E-state index contributed by atoms with van der Waals surface area (Å²) >= 11 is 0. The zero-order chi connectivity index (χ0) is 14.5. The third-order valence-electron chi connectivity index (χ3n) is 3.18. The largest absolute Gasteiger partial charge is 0.489 e. The van der Waals surface area contributed by atoms with Gasteiger partial charge < -0.3 is 14.8 Å². The standard InChI is InChI=1S/C16H19BO3/c1-12(2)15-8-3-4-9-16(15)20-11-13-6-5-7-14(10-13)17(18)19/h3-10,12,18-19H,11H2,1-2H3. The average molecular weight is 270 g/mol. The van der Waals surface area contributed by atoms with E-state index in [0.29, 0.717) is 18.0 Å². The molecule has 0 atom stereocenters. The molecule has 2 N–H and O–H groups in total. The first-order valence-electron chi connectivity index (χ1n) is 6.74. The van der Waals surface area contributed by atoms with Crippen LogP contribution >= 0.6 is 0 Å². The first kappa shape index (κ1) is 14.6. The van der Waals surface area contributed by atoms with Crippen molar-refractivity contribution in [2.45, 2.75) is 26.4 Å². The van der Waals surface area contributed by atoms with Gasteiger partial charge >= 0.3 is 7.12 Å². The van der Waals surface area contributed by atoms with Gasteiger partial charge in [0.2, 0.25) is 0 Å². The van der Waals surface area contributed by atoms with E-state index in [1.54, 1.807) is 18.2 Å². The molecule has 0 saturated carbocycles. The van der Waals surface area contributed by atoms with Crippen LogP contribution < -0.4 is 10.2 Å². The summed E-state index contributed by atoms with van der Waals surface area (Å²) in [5, 5.41) is 18.3. The molecule has 0 fully saturated rings. The second-order valence-electron chi connectivity index (χ2n) is 5.10. The fourth-order valence-electron chi connectivity index (χ4n) is 2.09. The minimum atomic E-state index is -1.45. The van der Waals surface area contributed by atoms with E-state index >= 15 is 0 Å². The van der Waals surface area contributed by atoms with Crippen molar-refractivity contribution in [3.05, 3.63) is 59.7 Å². The van der Waals surface area contributed by atoms with Gasteiger partial charge in [0, 0.05) is 0 Å². The maximum atomic E-state index is 9.17. The SMILES string of the molecule is CC(C)c1ccccc1OCc1cccc(B(O)O)c1. The number of ether oxygens (including phenoxy) is 1. The normalized spacial score (nSPS) is 10.7. The maximum absolute atomic E-state index is 9.17. The molecule has 0 aliphatic rings. The lowest BCUT2D eigenvalue weighted by molar-refractivity contribution is 0.302. The molecule has 104 valence electrons. The molecule has 0 aliphatic heterocycles. The minimum absolute atomic E-state index is 0.400. The Balaban J connectivity index is 2.11. The van der Waals surface area contributed by atoms with Gasteiger partial charge in [-0.15, -0.1) is 0 Å². The molecule has 0 bridgehead atoms. The molecule has 0 unspecified atom stereocenters. The molecule has 0 saturated heterocycles. The lowest BCUT2D eigenvalue weighted by Gasteiger charge is -2.14. The summed E-state index contributed by atoms with van der Waals surface area (Å²) in [5.41, 5.74) is 2.56. The Morgan fingerprint density at radius 1 is 1.05 bits per heavy atom. The first-order chi connectivity index (χ1) is 9.58. The highest BCUT2D eigenvalue weighted by Crippen LogP contribution is 2.26. The lowest BCUT2D eigenvalue weighted by Crippen LogP contribution is -2.29. The van der Waals surface area contributed by atoms with Crippen molar-refractivity contribution >= 4 is 12.6 Å². The third kappa shape index (κ3) is 3.62. The van der Waals surface area contributed by atoms with E-state index in [9.17, 15) is 0 Å². The fourth-order valence-corrected chi connectivity index (χ4v) is 2.09. The topological polar surface area (TPSA) is 49.7 Å². The highest BCUT2D eigenvalue weighted by Gasteiger charge is 2.11. The van der Waals surface area contributed by atoms with E-state index in [1.807, 2.05) is 24.3 Å². The molecule has 0 amide bonds. The molecule has 0 aromatic heterocycles. The lowest BCUT2D eigenvalue weighted by atomic mass is 9.80.